The zero-order valence-corrected chi connectivity index (χ0v) is 14.3. The van der Waals surface area contributed by atoms with Crippen LogP contribution in [0.5, 0.6) is 0 Å². The van der Waals surface area contributed by atoms with E-state index in [0.29, 0.717) is 17.7 Å². The molecule has 2 unspecified atom stereocenters. The Kier molecular flexibility index (Phi) is 7.40. The van der Waals surface area contributed by atoms with Crippen LogP contribution in [0.4, 0.5) is 0 Å². The molecule has 2 nitrogen and oxygen atoms in total. The van der Waals surface area contributed by atoms with Crippen molar-refractivity contribution in [2.75, 3.05) is 11.9 Å². The first-order valence-corrected chi connectivity index (χ1v) is 9.77. The fraction of sp³-hybridized carbons (Fsp3) is 0.941. The van der Waals surface area contributed by atoms with Gasteiger partial charge in [0.1, 0.15) is 0 Å². The number of halogens is 1. The third-order valence-electron chi connectivity index (χ3n) is 5.28. The SMILES string of the molecule is O=C(NCC1CCCCC1CBr)C1CCCCCCC1. The van der Waals surface area contributed by atoms with Crippen molar-refractivity contribution in [1.82, 2.24) is 5.32 Å². The first-order chi connectivity index (χ1) is 9.81. The number of alkyl halides is 1. The average Bonchev–Trinajstić information content (AvgIpc) is 2.44. The molecular weight excluding hydrogens is 314 g/mol. The molecule has 0 aromatic carbocycles. The fourth-order valence-electron chi connectivity index (χ4n) is 3.85. The van der Waals surface area contributed by atoms with Crippen molar-refractivity contribution in [3.8, 4) is 0 Å². The van der Waals surface area contributed by atoms with Crippen molar-refractivity contribution in [3.63, 3.8) is 0 Å². The molecule has 1 N–H and O–H groups in total. The summed E-state index contributed by atoms with van der Waals surface area (Å²) < 4.78 is 0. The predicted octanol–water partition coefficient (Wildman–Crippen LogP) is 4.66. The second kappa shape index (κ2) is 9.07. The van der Waals surface area contributed by atoms with E-state index < -0.39 is 0 Å². The second-order valence-electron chi connectivity index (χ2n) is 6.75. The lowest BCUT2D eigenvalue weighted by Crippen LogP contribution is -2.38. The van der Waals surface area contributed by atoms with E-state index in [1.54, 1.807) is 0 Å². The smallest absolute Gasteiger partial charge is 0.223 e. The van der Waals surface area contributed by atoms with Crippen molar-refractivity contribution < 1.29 is 4.79 Å². The second-order valence-corrected chi connectivity index (χ2v) is 7.39. The highest BCUT2D eigenvalue weighted by Gasteiger charge is 2.26. The van der Waals surface area contributed by atoms with Crippen molar-refractivity contribution >= 4 is 21.8 Å². The molecule has 20 heavy (non-hydrogen) atoms. The molecule has 0 bridgehead atoms. The molecule has 2 saturated carbocycles. The summed E-state index contributed by atoms with van der Waals surface area (Å²) in [4.78, 5) is 12.4. The van der Waals surface area contributed by atoms with Crippen LogP contribution in [0.3, 0.4) is 0 Å². The van der Waals surface area contributed by atoms with Gasteiger partial charge >= 0.3 is 0 Å². The molecule has 2 aliphatic rings. The Hall–Kier alpha value is -0.0500. The van der Waals surface area contributed by atoms with E-state index in [1.165, 1.54) is 57.8 Å². The Labute approximate surface area is 132 Å². The van der Waals surface area contributed by atoms with Gasteiger partial charge in [-0.25, -0.2) is 0 Å². The average molecular weight is 344 g/mol. The van der Waals surface area contributed by atoms with Gasteiger partial charge in [0.05, 0.1) is 0 Å². The van der Waals surface area contributed by atoms with Crippen LogP contribution in [0.15, 0.2) is 0 Å². The molecule has 116 valence electrons. The van der Waals surface area contributed by atoms with E-state index in [4.69, 9.17) is 0 Å². The molecule has 3 heteroatoms. The Morgan fingerprint density at radius 2 is 1.40 bits per heavy atom. The largest absolute Gasteiger partial charge is 0.356 e. The summed E-state index contributed by atoms with van der Waals surface area (Å²) in [7, 11) is 0. The van der Waals surface area contributed by atoms with Crippen LogP contribution in [-0.2, 0) is 4.79 Å². The quantitative estimate of drug-likeness (QED) is 0.738. The number of amides is 1. The Bertz CT molecular complexity index is 287. The summed E-state index contributed by atoms with van der Waals surface area (Å²) >= 11 is 3.64. The maximum absolute atomic E-state index is 12.4. The Morgan fingerprint density at radius 3 is 2.05 bits per heavy atom. The summed E-state index contributed by atoms with van der Waals surface area (Å²) in [5.74, 6) is 2.09. The molecule has 0 heterocycles. The van der Waals surface area contributed by atoms with Crippen LogP contribution in [0.1, 0.15) is 70.6 Å². The minimum absolute atomic E-state index is 0.293. The number of rotatable bonds is 4. The lowest BCUT2D eigenvalue weighted by atomic mass is 9.80. The van der Waals surface area contributed by atoms with Gasteiger partial charge in [0.25, 0.3) is 0 Å². The molecule has 2 rings (SSSR count). The monoisotopic (exact) mass is 343 g/mol. The van der Waals surface area contributed by atoms with Crippen LogP contribution in [0.25, 0.3) is 0 Å². The number of nitrogens with one attached hydrogen (secondary N) is 1. The molecule has 0 aromatic heterocycles. The molecule has 2 atom stereocenters. The van der Waals surface area contributed by atoms with Crippen molar-refractivity contribution in [2.45, 2.75) is 70.6 Å². The zero-order chi connectivity index (χ0) is 14.2. The highest BCUT2D eigenvalue weighted by Crippen LogP contribution is 2.31. The fourth-order valence-corrected chi connectivity index (χ4v) is 4.70. The number of hydrogen-bond donors (Lipinski definition) is 1. The summed E-state index contributed by atoms with van der Waals surface area (Å²) in [6, 6.07) is 0. The standard InChI is InChI=1S/C17H30BrNO/c18-12-15-10-6-7-11-16(15)13-19-17(20)14-8-4-2-1-3-5-9-14/h14-16H,1-13H2,(H,19,20). The molecule has 0 aromatic rings. The molecule has 1 amide bonds. The number of hydrogen-bond acceptors (Lipinski definition) is 1. The van der Waals surface area contributed by atoms with E-state index in [0.717, 1.165) is 30.6 Å². The van der Waals surface area contributed by atoms with Crippen molar-refractivity contribution in [3.05, 3.63) is 0 Å². The maximum Gasteiger partial charge on any atom is 0.223 e. The third-order valence-corrected chi connectivity index (χ3v) is 6.11. The van der Waals surface area contributed by atoms with E-state index in [2.05, 4.69) is 21.2 Å². The lowest BCUT2D eigenvalue weighted by Gasteiger charge is -2.31. The topological polar surface area (TPSA) is 29.1 Å². The molecule has 0 aliphatic heterocycles. The van der Waals surface area contributed by atoms with Gasteiger partial charge < -0.3 is 5.32 Å². The van der Waals surface area contributed by atoms with Crippen LogP contribution < -0.4 is 5.32 Å². The maximum atomic E-state index is 12.4. The molecular formula is C17H30BrNO. The minimum Gasteiger partial charge on any atom is -0.356 e. The highest BCUT2D eigenvalue weighted by molar-refractivity contribution is 9.09. The van der Waals surface area contributed by atoms with Gasteiger partial charge in [0, 0.05) is 17.8 Å². The first kappa shape index (κ1) is 16.3. The van der Waals surface area contributed by atoms with Gasteiger partial charge in [-0.05, 0) is 37.5 Å². The van der Waals surface area contributed by atoms with Gasteiger partial charge in [-0.1, -0.05) is 60.9 Å². The van der Waals surface area contributed by atoms with E-state index in [9.17, 15) is 4.79 Å². The molecule has 0 radical (unpaired) electrons. The van der Waals surface area contributed by atoms with Crippen LogP contribution in [-0.4, -0.2) is 17.8 Å². The molecule has 2 aliphatic carbocycles. The molecule has 2 fully saturated rings. The molecule has 0 spiro atoms. The van der Waals surface area contributed by atoms with Gasteiger partial charge in [-0.2, -0.15) is 0 Å². The van der Waals surface area contributed by atoms with E-state index in [-0.39, 0.29) is 0 Å². The predicted molar refractivity (Wildman–Crippen MR) is 88.1 cm³/mol. The van der Waals surface area contributed by atoms with Crippen LogP contribution >= 0.6 is 15.9 Å². The number of carbonyl (C=O) groups is 1. The van der Waals surface area contributed by atoms with Gasteiger partial charge in [0.2, 0.25) is 5.91 Å². The summed E-state index contributed by atoms with van der Waals surface area (Å²) in [6.07, 6.45) is 14.0. The van der Waals surface area contributed by atoms with Gasteiger partial charge in [-0.15, -0.1) is 0 Å². The lowest BCUT2D eigenvalue weighted by molar-refractivity contribution is -0.125. The first-order valence-electron chi connectivity index (χ1n) is 8.65. The summed E-state index contributed by atoms with van der Waals surface area (Å²) in [5, 5.41) is 4.37. The minimum atomic E-state index is 0.293. The van der Waals surface area contributed by atoms with Gasteiger partial charge in [0.15, 0.2) is 0 Å². The van der Waals surface area contributed by atoms with Crippen molar-refractivity contribution in [1.29, 1.82) is 0 Å². The summed E-state index contributed by atoms with van der Waals surface area (Å²) in [5.41, 5.74) is 0. The molecule has 0 saturated heterocycles. The number of carbonyl (C=O) groups excluding carboxylic acids is 1. The summed E-state index contributed by atoms with van der Waals surface area (Å²) in [6.45, 7) is 0.908. The Balaban J connectivity index is 1.75. The zero-order valence-electron chi connectivity index (χ0n) is 12.7. The van der Waals surface area contributed by atoms with Crippen LogP contribution in [0, 0.1) is 17.8 Å². The normalized spacial score (nSPS) is 29.4. The van der Waals surface area contributed by atoms with Crippen LogP contribution in [0.2, 0.25) is 0 Å². The van der Waals surface area contributed by atoms with E-state index in [1.807, 2.05) is 0 Å². The van der Waals surface area contributed by atoms with E-state index >= 15 is 0 Å². The Morgan fingerprint density at radius 1 is 0.850 bits per heavy atom. The third kappa shape index (κ3) is 5.05. The van der Waals surface area contributed by atoms with Crippen molar-refractivity contribution in [2.24, 2.45) is 17.8 Å². The van der Waals surface area contributed by atoms with Gasteiger partial charge in [-0.3, -0.25) is 4.79 Å². The highest BCUT2D eigenvalue weighted by atomic mass is 79.9.